The number of likely N-dealkylation sites (N-methyl/N-ethyl adjacent to an activating group) is 1. The highest BCUT2D eigenvalue weighted by Gasteiger charge is 2.37. The molecule has 5 nitrogen and oxygen atoms in total. The largest absolute Gasteiger partial charge is 0.464 e. The van der Waals surface area contributed by atoms with Crippen LogP contribution in [-0.4, -0.2) is 48.6 Å². The predicted octanol–water partition coefficient (Wildman–Crippen LogP) is 8.06. The molecule has 1 amide bonds. The number of rotatable bonds is 13. The molecule has 0 aromatic heterocycles. The quantitative estimate of drug-likeness (QED) is 0.192. The van der Waals surface area contributed by atoms with E-state index in [-0.39, 0.29) is 41.7 Å². The number of unbranched alkanes of at least 4 members (excludes halogenated alkanes) is 1. The van der Waals surface area contributed by atoms with Gasteiger partial charge in [0.25, 0.3) is 0 Å². The summed E-state index contributed by atoms with van der Waals surface area (Å²) in [6.07, 6.45) is 12.0. The summed E-state index contributed by atoms with van der Waals surface area (Å²) < 4.78 is 18.9. The summed E-state index contributed by atoms with van der Waals surface area (Å²) in [5.74, 6) is -0.965. The van der Waals surface area contributed by atoms with Crippen molar-refractivity contribution in [2.75, 3.05) is 20.2 Å². The summed E-state index contributed by atoms with van der Waals surface area (Å²) in [5, 5.41) is 3.23. The summed E-state index contributed by atoms with van der Waals surface area (Å²) in [7, 11) is 1.97. The molecule has 1 aliphatic rings. The van der Waals surface area contributed by atoms with Gasteiger partial charge in [-0.1, -0.05) is 83.0 Å². The van der Waals surface area contributed by atoms with E-state index in [0.29, 0.717) is 19.4 Å². The van der Waals surface area contributed by atoms with Crippen molar-refractivity contribution in [3.63, 3.8) is 0 Å². The third-order valence-corrected chi connectivity index (χ3v) is 7.73. The van der Waals surface area contributed by atoms with Gasteiger partial charge in [0.1, 0.15) is 11.9 Å². The van der Waals surface area contributed by atoms with Gasteiger partial charge in [-0.15, -0.1) is 6.58 Å². The van der Waals surface area contributed by atoms with Gasteiger partial charge >= 0.3 is 5.97 Å². The highest BCUT2D eigenvalue weighted by Crippen LogP contribution is 2.23. The summed E-state index contributed by atoms with van der Waals surface area (Å²) in [5.41, 5.74) is 2.12. The van der Waals surface area contributed by atoms with Gasteiger partial charge in [0.05, 0.1) is 6.61 Å². The number of nitrogens with zero attached hydrogens (tertiary/aromatic N) is 1. The molecule has 0 spiro atoms. The summed E-state index contributed by atoms with van der Waals surface area (Å²) in [4.78, 5) is 27.1. The number of hydrogen-bond donors (Lipinski definition) is 1. The number of esters is 1. The van der Waals surface area contributed by atoms with Crippen LogP contribution in [0.15, 0.2) is 61.2 Å². The molecular formula is C35H57FN2O3. The summed E-state index contributed by atoms with van der Waals surface area (Å²) in [6, 6.07) is 5.75. The average molecular weight is 573 g/mol. The molecule has 1 aliphatic heterocycles. The smallest absolute Gasteiger partial charge is 0.328 e. The van der Waals surface area contributed by atoms with Crippen LogP contribution < -0.4 is 5.32 Å². The van der Waals surface area contributed by atoms with Gasteiger partial charge in [0, 0.05) is 23.9 Å². The minimum Gasteiger partial charge on any atom is -0.464 e. The minimum atomic E-state index is -0.530. The van der Waals surface area contributed by atoms with E-state index in [0.717, 1.165) is 24.8 Å². The molecule has 1 N–H and O–H groups in total. The van der Waals surface area contributed by atoms with E-state index in [1.807, 2.05) is 39.1 Å². The van der Waals surface area contributed by atoms with Crippen molar-refractivity contribution in [2.24, 2.45) is 11.8 Å². The highest BCUT2D eigenvalue weighted by molar-refractivity contribution is 5.86. The molecule has 232 valence electrons. The number of carbonyl (C=O) groups excluding carboxylic acids is 2. The first-order valence-corrected chi connectivity index (χ1v) is 15.2. The van der Waals surface area contributed by atoms with Gasteiger partial charge in [0.15, 0.2) is 0 Å². The van der Waals surface area contributed by atoms with E-state index < -0.39 is 6.04 Å². The lowest BCUT2D eigenvalue weighted by atomic mass is 9.92. The van der Waals surface area contributed by atoms with Crippen LogP contribution in [-0.2, 0) is 20.7 Å². The van der Waals surface area contributed by atoms with Gasteiger partial charge in [-0.3, -0.25) is 4.79 Å². The average Bonchev–Trinajstić information content (AvgIpc) is 3.45. The molecule has 0 aliphatic carbocycles. The molecular weight excluding hydrogens is 515 g/mol. The van der Waals surface area contributed by atoms with Crippen molar-refractivity contribution in [3.05, 3.63) is 72.6 Å². The van der Waals surface area contributed by atoms with Crippen LogP contribution in [0.1, 0.15) is 92.6 Å². The van der Waals surface area contributed by atoms with Crippen LogP contribution in [0.2, 0.25) is 0 Å². The fraction of sp³-hybridized carbons (Fsp3) is 0.600. The number of allylic oxidation sites excluding steroid dienone is 2. The van der Waals surface area contributed by atoms with Crippen molar-refractivity contribution in [1.29, 1.82) is 0 Å². The zero-order chi connectivity index (χ0) is 31.4. The zero-order valence-corrected chi connectivity index (χ0v) is 27.1. The van der Waals surface area contributed by atoms with E-state index >= 15 is 0 Å². The van der Waals surface area contributed by atoms with Gasteiger partial charge < -0.3 is 15.0 Å². The van der Waals surface area contributed by atoms with Crippen LogP contribution in [0, 0.1) is 17.7 Å². The van der Waals surface area contributed by atoms with E-state index in [2.05, 4.69) is 53.1 Å². The molecule has 41 heavy (non-hydrogen) atoms. The Hall–Kier alpha value is -2.73. The number of carbonyl (C=O) groups is 2. The Morgan fingerprint density at radius 2 is 1.93 bits per heavy atom. The lowest BCUT2D eigenvalue weighted by molar-refractivity contribution is -0.155. The summed E-state index contributed by atoms with van der Waals surface area (Å²) >= 11 is 0. The first-order valence-electron chi connectivity index (χ1n) is 15.2. The third kappa shape index (κ3) is 14.1. The van der Waals surface area contributed by atoms with Crippen molar-refractivity contribution in [3.8, 4) is 0 Å². The fourth-order valence-electron chi connectivity index (χ4n) is 4.33. The molecule has 6 heteroatoms. The Bertz CT molecular complexity index is 952. The zero-order valence-electron chi connectivity index (χ0n) is 27.1. The lowest BCUT2D eigenvalue weighted by Crippen LogP contribution is -2.44. The number of likely N-dealkylation sites (tertiary alicyclic amines) is 1. The molecule has 1 fully saturated rings. The second kappa shape index (κ2) is 21.0. The van der Waals surface area contributed by atoms with Crippen molar-refractivity contribution >= 4 is 11.9 Å². The molecule has 1 aromatic rings. The Labute approximate surface area is 250 Å². The first-order chi connectivity index (χ1) is 19.4. The molecule has 1 heterocycles. The molecule has 2 rings (SSSR count). The van der Waals surface area contributed by atoms with Crippen molar-refractivity contribution in [1.82, 2.24) is 10.2 Å². The third-order valence-electron chi connectivity index (χ3n) is 7.73. The molecule has 2 unspecified atom stereocenters. The Morgan fingerprint density at radius 3 is 2.39 bits per heavy atom. The number of benzene rings is 1. The fourth-order valence-corrected chi connectivity index (χ4v) is 4.33. The minimum absolute atomic E-state index is 0.0835. The lowest BCUT2D eigenvalue weighted by Gasteiger charge is -2.28. The summed E-state index contributed by atoms with van der Waals surface area (Å²) in [6.45, 7) is 23.0. The molecule has 0 radical (unpaired) electrons. The van der Waals surface area contributed by atoms with E-state index in [4.69, 9.17) is 4.74 Å². The topological polar surface area (TPSA) is 58.6 Å². The maximum absolute atomic E-state index is 13.4. The van der Waals surface area contributed by atoms with Gasteiger partial charge in [0.2, 0.25) is 5.91 Å². The van der Waals surface area contributed by atoms with Gasteiger partial charge in [-0.2, -0.15) is 0 Å². The molecule has 4 atom stereocenters. The predicted molar refractivity (Wildman–Crippen MR) is 171 cm³/mol. The van der Waals surface area contributed by atoms with E-state index in [9.17, 15) is 14.0 Å². The van der Waals surface area contributed by atoms with Gasteiger partial charge in [-0.25, -0.2) is 9.18 Å². The molecule has 1 aromatic carbocycles. The normalized spacial score (nSPS) is 17.3. The number of hydrogen-bond acceptors (Lipinski definition) is 4. The maximum Gasteiger partial charge on any atom is 0.328 e. The Kier molecular flexibility index (Phi) is 19.6. The highest BCUT2D eigenvalue weighted by atomic mass is 19.1. The molecule has 0 bridgehead atoms. The van der Waals surface area contributed by atoms with Crippen LogP contribution in [0.3, 0.4) is 0 Å². The Balaban J connectivity index is 0.00000102. The van der Waals surface area contributed by atoms with Crippen LogP contribution >= 0.6 is 0 Å². The van der Waals surface area contributed by atoms with Crippen molar-refractivity contribution in [2.45, 2.75) is 105 Å². The number of ether oxygens (including phenoxy) is 1. The van der Waals surface area contributed by atoms with E-state index in [1.54, 1.807) is 17.0 Å². The van der Waals surface area contributed by atoms with Crippen LogP contribution in [0.5, 0.6) is 0 Å². The Morgan fingerprint density at radius 1 is 1.27 bits per heavy atom. The standard InChI is InChI=1S/C23H30FNO3.C8H17N.C4H10/c1-4-8-18(9-5-2)16-28-23(27)21-12-7-13-25(21)22(26)17(3)14-19-10-6-11-20(24)15-19;1-6-8(4,9-5)7(2)3;1-3-4-2/h4-6,9-11,15,17-18,21H,1,7-8,12-14,16H2,2-3H3;9H,2,6H2,1,3-5H3;3-4H2,1-2H3/b9-5-;;/t17?,18?,21-;8-;/m10./s1. The van der Waals surface area contributed by atoms with E-state index in [1.165, 1.54) is 30.5 Å². The second-order valence-corrected chi connectivity index (χ2v) is 11.1. The number of halogens is 1. The first kappa shape index (κ1) is 38.3. The molecule has 0 saturated carbocycles. The SMILES string of the molecule is C=C(C)[C@](C)(CC)NC.C=CCC(/C=C\C)COC(=O)[C@H]1CCCN1C(=O)C(C)Cc1cccc(F)c1.CCCC. The monoisotopic (exact) mass is 572 g/mol. The number of amides is 1. The van der Waals surface area contributed by atoms with Crippen LogP contribution in [0.25, 0.3) is 0 Å². The van der Waals surface area contributed by atoms with Gasteiger partial charge in [-0.05, 0) is 77.6 Å². The second-order valence-electron chi connectivity index (χ2n) is 11.1. The van der Waals surface area contributed by atoms with Crippen LogP contribution in [0.4, 0.5) is 4.39 Å². The van der Waals surface area contributed by atoms with Crippen molar-refractivity contribution < 1.29 is 18.7 Å². The molecule has 1 saturated heterocycles. The maximum atomic E-state index is 13.4. The number of nitrogens with one attached hydrogen (secondary N) is 1.